The van der Waals surface area contributed by atoms with E-state index in [1.807, 2.05) is 33.8 Å². The van der Waals surface area contributed by atoms with Crippen molar-refractivity contribution in [3.63, 3.8) is 0 Å². The van der Waals surface area contributed by atoms with Crippen molar-refractivity contribution in [2.45, 2.75) is 56.4 Å². The molecule has 3 heterocycles. The third-order valence-electron chi connectivity index (χ3n) is 6.57. The number of nitrogens with two attached hydrogens (primary N) is 1. The lowest BCUT2D eigenvalue weighted by atomic mass is 9.83. The van der Waals surface area contributed by atoms with Crippen LogP contribution in [0.5, 0.6) is 5.88 Å². The van der Waals surface area contributed by atoms with Gasteiger partial charge in [0.15, 0.2) is 0 Å². The molecule has 3 fully saturated rings. The van der Waals surface area contributed by atoms with E-state index in [1.54, 1.807) is 0 Å². The maximum absolute atomic E-state index is 12.1. The van der Waals surface area contributed by atoms with Gasteiger partial charge < -0.3 is 15.4 Å². The van der Waals surface area contributed by atoms with Crippen molar-refractivity contribution >= 4 is 11.6 Å². The minimum absolute atomic E-state index is 0.165. The molecular formula is C23H23N5O2. The smallest absolute Gasteiger partial charge is 0.227 e. The lowest BCUT2D eigenvalue weighted by Crippen LogP contribution is -2.24. The summed E-state index contributed by atoms with van der Waals surface area (Å²) in [6, 6.07) is 10.6. The number of ether oxygens (including phenoxy) is 1. The van der Waals surface area contributed by atoms with Gasteiger partial charge in [-0.2, -0.15) is 10.4 Å². The fourth-order valence-corrected chi connectivity index (χ4v) is 4.71. The monoisotopic (exact) mass is 401 g/mol. The number of rotatable bonds is 4. The molecule has 30 heavy (non-hydrogen) atoms. The van der Waals surface area contributed by atoms with Crippen LogP contribution in [-0.4, -0.2) is 22.2 Å². The second kappa shape index (κ2) is 6.36. The molecular weight excluding hydrogens is 378 g/mol. The van der Waals surface area contributed by atoms with E-state index in [4.69, 9.17) is 15.6 Å². The average Bonchev–Trinajstić information content (AvgIpc) is 3.69. The van der Waals surface area contributed by atoms with Crippen molar-refractivity contribution in [1.82, 2.24) is 9.78 Å². The molecule has 2 aliphatic heterocycles. The third-order valence-corrected chi connectivity index (χ3v) is 6.57. The van der Waals surface area contributed by atoms with E-state index in [9.17, 15) is 10.1 Å². The van der Waals surface area contributed by atoms with E-state index in [2.05, 4.69) is 6.07 Å². The summed E-state index contributed by atoms with van der Waals surface area (Å²) in [6.07, 6.45) is 5.94. The molecule has 152 valence electrons. The van der Waals surface area contributed by atoms with Gasteiger partial charge in [-0.3, -0.25) is 4.79 Å². The summed E-state index contributed by atoms with van der Waals surface area (Å²) in [4.78, 5) is 13.9. The second-order valence-corrected chi connectivity index (χ2v) is 8.72. The number of fused-ring (bicyclic) bond motifs is 1. The predicted octanol–water partition coefficient (Wildman–Crippen LogP) is 3.44. The zero-order valence-corrected chi connectivity index (χ0v) is 16.7. The largest absolute Gasteiger partial charge is 0.422 e. The Morgan fingerprint density at radius 1 is 1.17 bits per heavy atom. The van der Waals surface area contributed by atoms with Crippen LogP contribution in [0, 0.1) is 11.3 Å². The number of carbonyl (C=O) groups is 1. The number of amides is 1. The first-order valence-electron chi connectivity index (χ1n) is 10.8. The molecule has 2 saturated carbocycles. The van der Waals surface area contributed by atoms with Crippen LogP contribution in [0.1, 0.15) is 73.2 Å². The Bertz CT molecular complexity index is 1120. The van der Waals surface area contributed by atoms with Gasteiger partial charge in [-0.25, -0.2) is 4.68 Å². The summed E-state index contributed by atoms with van der Waals surface area (Å²) >= 11 is 0. The number of benzene rings is 1. The summed E-state index contributed by atoms with van der Waals surface area (Å²) in [7, 11) is 0. The van der Waals surface area contributed by atoms with Gasteiger partial charge in [0, 0.05) is 24.6 Å². The van der Waals surface area contributed by atoms with Crippen LogP contribution in [0.4, 0.5) is 5.69 Å². The van der Waals surface area contributed by atoms with Crippen LogP contribution in [0.3, 0.4) is 0 Å². The van der Waals surface area contributed by atoms with E-state index in [0.717, 1.165) is 61.2 Å². The summed E-state index contributed by atoms with van der Waals surface area (Å²) in [5.74, 6) is 1.19. The van der Waals surface area contributed by atoms with Gasteiger partial charge in [0.2, 0.25) is 17.7 Å². The first kappa shape index (κ1) is 17.6. The minimum atomic E-state index is -0.287. The van der Waals surface area contributed by atoms with Crippen molar-refractivity contribution in [3.05, 3.63) is 52.5 Å². The van der Waals surface area contributed by atoms with Crippen molar-refractivity contribution in [2.75, 3.05) is 11.4 Å². The van der Waals surface area contributed by atoms with Crippen LogP contribution in [0.15, 0.2) is 35.7 Å². The Balaban J connectivity index is 1.46. The van der Waals surface area contributed by atoms with E-state index in [-0.39, 0.29) is 17.7 Å². The van der Waals surface area contributed by atoms with Crippen molar-refractivity contribution in [1.29, 1.82) is 5.26 Å². The molecule has 1 unspecified atom stereocenters. The van der Waals surface area contributed by atoms with Crippen LogP contribution < -0.4 is 15.4 Å². The molecule has 0 radical (unpaired) electrons. The first-order chi connectivity index (χ1) is 14.7. The van der Waals surface area contributed by atoms with Gasteiger partial charge in [0.1, 0.15) is 11.6 Å². The molecule has 1 aromatic carbocycles. The van der Waals surface area contributed by atoms with Gasteiger partial charge in [0.05, 0.1) is 23.2 Å². The minimum Gasteiger partial charge on any atom is -0.422 e. The molecule has 7 heteroatoms. The normalized spacial score (nSPS) is 23.4. The molecule has 6 rings (SSSR count). The zero-order chi connectivity index (χ0) is 20.4. The highest BCUT2D eigenvalue weighted by Gasteiger charge is 2.43. The number of nitriles is 1. The Kier molecular flexibility index (Phi) is 3.73. The van der Waals surface area contributed by atoms with E-state index >= 15 is 0 Å². The van der Waals surface area contributed by atoms with Crippen molar-refractivity contribution < 1.29 is 9.53 Å². The topological polar surface area (TPSA) is 97.2 Å². The highest BCUT2D eigenvalue weighted by atomic mass is 16.5. The molecule has 1 atom stereocenters. The van der Waals surface area contributed by atoms with E-state index < -0.39 is 0 Å². The molecule has 2 N–H and O–H groups in total. The maximum Gasteiger partial charge on any atom is 0.227 e. The van der Waals surface area contributed by atoms with Gasteiger partial charge >= 0.3 is 0 Å². The highest BCUT2D eigenvalue weighted by molar-refractivity contribution is 5.95. The third kappa shape index (κ3) is 2.63. The van der Waals surface area contributed by atoms with Gasteiger partial charge in [-0.15, -0.1) is 0 Å². The lowest BCUT2D eigenvalue weighted by molar-refractivity contribution is -0.117. The number of aromatic nitrogens is 2. The fraction of sp³-hybridized carbons (Fsp3) is 0.435. The molecule has 2 aliphatic carbocycles. The number of anilines is 1. The van der Waals surface area contributed by atoms with Crippen LogP contribution in [0.2, 0.25) is 0 Å². The number of hydrogen-bond donors (Lipinski definition) is 1. The maximum atomic E-state index is 12.1. The molecule has 1 amide bonds. The van der Waals surface area contributed by atoms with Crippen LogP contribution in [-0.2, 0) is 4.79 Å². The number of hydrogen-bond acceptors (Lipinski definition) is 5. The Hall–Kier alpha value is -3.27. The first-order valence-corrected chi connectivity index (χ1v) is 10.8. The van der Waals surface area contributed by atoms with Gasteiger partial charge in [-0.1, -0.05) is 12.1 Å². The molecule has 1 saturated heterocycles. The van der Waals surface area contributed by atoms with Crippen LogP contribution in [0.25, 0.3) is 0 Å². The molecule has 0 spiro atoms. The summed E-state index contributed by atoms with van der Waals surface area (Å²) in [5, 5.41) is 14.8. The molecule has 4 aliphatic rings. The Labute approximate surface area is 174 Å². The summed E-state index contributed by atoms with van der Waals surface area (Å²) in [6.45, 7) is 0.760. The Morgan fingerprint density at radius 2 is 1.93 bits per heavy atom. The molecule has 1 aromatic heterocycles. The van der Waals surface area contributed by atoms with E-state index in [1.165, 1.54) is 0 Å². The number of allylic oxidation sites excluding steroid dienone is 1. The van der Waals surface area contributed by atoms with E-state index in [0.29, 0.717) is 29.8 Å². The van der Waals surface area contributed by atoms with Crippen LogP contribution >= 0.6 is 0 Å². The highest BCUT2D eigenvalue weighted by Crippen LogP contribution is 2.53. The lowest BCUT2D eigenvalue weighted by Gasteiger charge is -2.26. The van der Waals surface area contributed by atoms with Crippen molar-refractivity contribution in [3.8, 4) is 11.9 Å². The van der Waals surface area contributed by atoms with Crippen molar-refractivity contribution in [2.24, 2.45) is 5.73 Å². The number of nitrogens with zero attached hydrogens (tertiary/aromatic N) is 4. The molecule has 7 nitrogen and oxygen atoms in total. The number of carbonyl (C=O) groups excluding carboxylic acids is 1. The molecule has 0 bridgehead atoms. The standard InChI is InChI=1S/C23H23N5O2/c24-12-17-19(13-5-7-15(8-6-13)27-11-1-2-18(27)29)20-21(14-3-4-14)26-28(16-9-10-16)23(20)30-22(17)25/h5-8,14,16,19H,1-4,9-11,25H2. The second-order valence-electron chi connectivity index (χ2n) is 8.72. The zero-order valence-electron chi connectivity index (χ0n) is 16.7. The molecule has 2 aromatic rings. The average molecular weight is 401 g/mol. The van der Waals surface area contributed by atoms with Gasteiger partial charge in [-0.05, 0) is 49.8 Å². The van der Waals surface area contributed by atoms with Gasteiger partial charge in [0.25, 0.3) is 0 Å². The Morgan fingerprint density at radius 3 is 2.53 bits per heavy atom. The summed E-state index contributed by atoms with van der Waals surface area (Å²) < 4.78 is 7.97. The summed E-state index contributed by atoms with van der Waals surface area (Å²) in [5.41, 5.74) is 10.6. The SMILES string of the molecule is N#CC1=C(N)Oc2c(c(C3CC3)nn2C2CC2)C1c1ccc(N2CCCC2=O)cc1. The fourth-order valence-electron chi connectivity index (χ4n) is 4.71. The predicted molar refractivity (Wildman–Crippen MR) is 110 cm³/mol. The quantitative estimate of drug-likeness (QED) is 0.846.